The maximum Gasteiger partial charge on any atom is 0.573 e. The lowest BCUT2D eigenvalue weighted by molar-refractivity contribution is -0.274. The summed E-state index contributed by atoms with van der Waals surface area (Å²) in [5.74, 6) is 0.112. The van der Waals surface area contributed by atoms with Crippen molar-refractivity contribution in [1.82, 2.24) is 0 Å². The predicted octanol–water partition coefficient (Wildman–Crippen LogP) is 3.84. The number of nitrogens with two attached hydrogens (primary N) is 1. The summed E-state index contributed by atoms with van der Waals surface area (Å²) in [6, 6.07) is 10.6. The lowest BCUT2D eigenvalue weighted by atomic mass is 10.0. The Morgan fingerprint density at radius 3 is 2.30 bits per heavy atom. The summed E-state index contributed by atoms with van der Waals surface area (Å²) in [7, 11) is 1.44. The van der Waals surface area contributed by atoms with E-state index in [9.17, 15) is 13.2 Å². The van der Waals surface area contributed by atoms with Crippen LogP contribution < -0.4 is 15.2 Å². The number of alkyl halides is 3. The van der Waals surface area contributed by atoms with Crippen LogP contribution in [-0.4, -0.2) is 13.5 Å². The van der Waals surface area contributed by atoms with Crippen molar-refractivity contribution in [2.45, 2.75) is 6.36 Å². The largest absolute Gasteiger partial charge is 0.573 e. The highest BCUT2D eigenvalue weighted by Crippen LogP contribution is 2.39. The van der Waals surface area contributed by atoms with Crippen molar-refractivity contribution in [2.75, 3.05) is 12.8 Å². The number of rotatable bonds is 3. The van der Waals surface area contributed by atoms with Crippen LogP contribution in [-0.2, 0) is 0 Å². The zero-order valence-electron chi connectivity index (χ0n) is 10.6. The Bertz CT molecular complexity index is 612. The molecule has 0 spiro atoms. The molecule has 0 aliphatic carbocycles. The van der Waals surface area contributed by atoms with Gasteiger partial charge in [0.25, 0.3) is 0 Å². The van der Waals surface area contributed by atoms with Crippen LogP contribution in [0.3, 0.4) is 0 Å². The molecule has 20 heavy (non-hydrogen) atoms. The van der Waals surface area contributed by atoms with Gasteiger partial charge in [0.1, 0.15) is 11.5 Å². The van der Waals surface area contributed by atoms with Crippen LogP contribution in [0.15, 0.2) is 42.5 Å². The Labute approximate surface area is 113 Å². The van der Waals surface area contributed by atoms with E-state index in [-0.39, 0.29) is 11.3 Å². The number of hydrogen-bond donors (Lipinski definition) is 1. The number of anilines is 1. The van der Waals surface area contributed by atoms with Crippen molar-refractivity contribution in [3.8, 4) is 22.6 Å². The Morgan fingerprint density at radius 2 is 1.65 bits per heavy atom. The van der Waals surface area contributed by atoms with Gasteiger partial charge >= 0.3 is 6.36 Å². The fourth-order valence-corrected chi connectivity index (χ4v) is 1.84. The first-order chi connectivity index (χ1) is 9.40. The second-order valence-corrected chi connectivity index (χ2v) is 4.00. The lowest BCUT2D eigenvalue weighted by Crippen LogP contribution is -2.17. The fraction of sp³-hybridized carbons (Fsp3) is 0.143. The number of methoxy groups -OCH3 is 1. The van der Waals surface area contributed by atoms with Crippen LogP contribution in [0, 0.1) is 0 Å². The minimum atomic E-state index is -4.77. The van der Waals surface area contributed by atoms with Gasteiger partial charge in [-0.25, -0.2) is 0 Å². The summed E-state index contributed by atoms with van der Waals surface area (Å²) in [6.07, 6.45) is -4.77. The minimum Gasteiger partial charge on any atom is -0.496 e. The molecule has 106 valence electrons. The predicted molar refractivity (Wildman–Crippen MR) is 69.5 cm³/mol. The molecule has 2 aromatic carbocycles. The quantitative estimate of drug-likeness (QED) is 0.870. The van der Waals surface area contributed by atoms with E-state index in [1.54, 1.807) is 24.3 Å². The molecular weight excluding hydrogens is 271 g/mol. The molecule has 0 aromatic heterocycles. The van der Waals surface area contributed by atoms with Gasteiger partial charge in [-0.3, -0.25) is 0 Å². The highest BCUT2D eigenvalue weighted by Gasteiger charge is 2.32. The molecule has 0 fully saturated rings. The van der Waals surface area contributed by atoms with E-state index in [4.69, 9.17) is 10.5 Å². The number of para-hydroxylation sites is 1. The summed E-state index contributed by atoms with van der Waals surface area (Å²) in [5, 5.41) is 0. The molecule has 0 saturated heterocycles. The van der Waals surface area contributed by atoms with E-state index in [0.29, 0.717) is 17.0 Å². The normalized spacial score (nSPS) is 11.2. The molecule has 0 aliphatic heterocycles. The van der Waals surface area contributed by atoms with Gasteiger partial charge in [0, 0.05) is 16.8 Å². The van der Waals surface area contributed by atoms with E-state index in [1.807, 2.05) is 0 Å². The van der Waals surface area contributed by atoms with Crippen LogP contribution in [0.4, 0.5) is 18.9 Å². The first-order valence-electron chi connectivity index (χ1n) is 5.69. The van der Waals surface area contributed by atoms with Crippen molar-refractivity contribution in [2.24, 2.45) is 0 Å². The van der Waals surface area contributed by atoms with Gasteiger partial charge in [-0.1, -0.05) is 18.2 Å². The summed E-state index contributed by atoms with van der Waals surface area (Å²) in [4.78, 5) is 0. The summed E-state index contributed by atoms with van der Waals surface area (Å²) < 4.78 is 46.5. The Morgan fingerprint density at radius 1 is 0.950 bits per heavy atom. The van der Waals surface area contributed by atoms with Crippen molar-refractivity contribution in [1.29, 1.82) is 0 Å². The second-order valence-electron chi connectivity index (χ2n) is 4.00. The lowest BCUT2D eigenvalue weighted by Gasteiger charge is -2.15. The smallest absolute Gasteiger partial charge is 0.496 e. The third-order valence-corrected chi connectivity index (χ3v) is 2.63. The highest BCUT2D eigenvalue weighted by atomic mass is 19.4. The molecule has 0 bridgehead atoms. The van der Waals surface area contributed by atoms with E-state index in [1.165, 1.54) is 25.3 Å². The van der Waals surface area contributed by atoms with Gasteiger partial charge in [0.05, 0.1) is 7.11 Å². The molecule has 2 rings (SSSR count). The zero-order chi connectivity index (χ0) is 14.8. The third kappa shape index (κ3) is 3.14. The van der Waals surface area contributed by atoms with Crippen molar-refractivity contribution in [3.63, 3.8) is 0 Å². The summed E-state index contributed by atoms with van der Waals surface area (Å²) in [6.45, 7) is 0. The van der Waals surface area contributed by atoms with Crippen LogP contribution >= 0.6 is 0 Å². The highest BCUT2D eigenvalue weighted by molar-refractivity contribution is 5.78. The Balaban J connectivity index is 2.57. The second kappa shape index (κ2) is 5.32. The number of benzene rings is 2. The van der Waals surface area contributed by atoms with Crippen LogP contribution in [0.1, 0.15) is 0 Å². The summed E-state index contributed by atoms with van der Waals surface area (Å²) in [5.41, 5.74) is 6.67. The molecule has 0 aliphatic rings. The van der Waals surface area contributed by atoms with Crippen LogP contribution in [0.25, 0.3) is 11.1 Å². The van der Waals surface area contributed by atoms with Gasteiger partial charge in [-0.05, 0) is 24.3 Å². The molecule has 0 amide bonds. The number of ether oxygens (including phenoxy) is 2. The topological polar surface area (TPSA) is 44.5 Å². The maximum absolute atomic E-state index is 12.4. The SMILES string of the molecule is COc1ccccc1-c1cc(N)ccc1OC(F)(F)F. The standard InChI is InChI=1S/C14H12F3NO2/c1-19-12-5-3-2-4-10(12)11-8-9(18)6-7-13(11)20-14(15,16)17/h2-8H,18H2,1H3. The molecular formula is C14H12F3NO2. The van der Waals surface area contributed by atoms with Gasteiger partial charge in [-0.15, -0.1) is 13.2 Å². The summed E-state index contributed by atoms with van der Waals surface area (Å²) >= 11 is 0. The third-order valence-electron chi connectivity index (χ3n) is 2.63. The maximum atomic E-state index is 12.4. The minimum absolute atomic E-state index is 0.222. The monoisotopic (exact) mass is 283 g/mol. The molecule has 0 heterocycles. The van der Waals surface area contributed by atoms with Crippen molar-refractivity contribution < 1.29 is 22.6 Å². The van der Waals surface area contributed by atoms with Crippen LogP contribution in [0.5, 0.6) is 11.5 Å². The van der Waals surface area contributed by atoms with E-state index < -0.39 is 6.36 Å². The van der Waals surface area contributed by atoms with Gasteiger partial charge < -0.3 is 15.2 Å². The van der Waals surface area contributed by atoms with Gasteiger partial charge in [-0.2, -0.15) is 0 Å². The van der Waals surface area contributed by atoms with E-state index >= 15 is 0 Å². The number of halogens is 3. The van der Waals surface area contributed by atoms with E-state index in [0.717, 1.165) is 0 Å². The van der Waals surface area contributed by atoms with Gasteiger partial charge in [0.2, 0.25) is 0 Å². The first-order valence-corrected chi connectivity index (χ1v) is 5.69. The molecule has 0 atom stereocenters. The van der Waals surface area contributed by atoms with Crippen molar-refractivity contribution in [3.05, 3.63) is 42.5 Å². The Kier molecular flexibility index (Phi) is 3.74. The van der Waals surface area contributed by atoms with Gasteiger partial charge in [0.15, 0.2) is 0 Å². The van der Waals surface area contributed by atoms with Crippen molar-refractivity contribution >= 4 is 5.69 Å². The van der Waals surface area contributed by atoms with Crippen LogP contribution in [0.2, 0.25) is 0 Å². The fourth-order valence-electron chi connectivity index (χ4n) is 1.84. The average Bonchev–Trinajstić information content (AvgIpc) is 2.39. The first kappa shape index (κ1) is 14.0. The molecule has 0 unspecified atom stereocenters. The molecule has 2 aromatic rings. The molecule has 2 N–H and O–H groups in total. The number of hydrogen-bond acceptors (Lipinski definition) is 3. The molecule has 0 saturated carbocycles. The number of nitrogen functional groups attached to an aromatic ring is 1. The van der Waals surface area contributed by atoms with E-state index in [2.05, 4.69) is 4.74 Å². The average molecular weight is 283 g/mol. The molecule has 3 nitrogen and oxygen atoms in total. The zero-order valence-corrected chi connectivity index (χ0v) is 10.6. The Hall–Kier alpha value is -2.37. The molecule has 0 radical (unpaired) electrons. The molecule has 6 heteroatoms.